The third-order valence-corrected chi connectivity index (χ3v) is 6.88. The highest BCUT2D eigenvalue weighted by Crippen LogP contribution is 2.19. The van der Waals surface area contributed by atoms with Gasteiger partial charge in [-0.15, -0.1) is 0 Å². The van der Waals surface area contributed by atoms with E-state index >= 15 is 0 Å². The van der Waals surface area contributed by atoms with Gasteiger partial charge >= 0.3 is 5.69 Å². The Morgan fingerprint density at radius 2 is 1.73 bits per heavy atom. The fourth-order valence-corrected chi connectivity index (χ4v) is 4.76. The maximum absolute atomic E-state index is 12.6. The van der Waals surface area contributed by atoms with Crippen LogP contribution in [0.15, 0.2) is 52.2 Å². The van der Waals surface area contributed by atoms with Crippen molar-refractivity contribution < 1.29 is 17.9 Å². The van der Waals surface area contributed by atoms with Gasteiger partial charge in [0.05, 0.1) is 29.1 Å². The molecule has 0 atom stereocenters. The Bertz CT molecular complexity index is 1210. The molecule has 1 aliphatic heterocycles. The molecule has 3 aromatic rings. The Balaban J connectivity index is 1.35. The minimum atomic E-state index is -3.52. The van der Waals surface area contributed by atoms with E-state index in [4.69, 9.17) is 4.74 Å². The second kappa shape index (κ2) is 8.42. The summed E-state index contributed by atoms with van der Waals surface area (Å²) in [5, 5.41) is 2.80. The van der Waals surface area contributed by atoms with E-state index in [1.54, 1.807) is 42.5 Å². The highest BCUT2D eigenvalue weighted by Gasteiger charge is 2.26. The van der Waals surface area contributed by atoms with Crippen molar-refractivity contribution >= 4 is 32.7 Å². The average molecular weight is 430 g/mol. The number of H-pyrrole nitrogens is 2. The number of nitrogens with one attached hydrogen (secondary N) is 3. The van der Waals surface area contributed by atoms with Crippen molar-refractivity contribution in [2.75, 3.05) is 31.6 Å². The van der Waals surface area contributed by atoms with Gasteiger partial charge in [0.2, 0.25) is 15.9 Å². The molecule has 0 aliphatic carbocycles. The van der Waals surface area contributed by atoms with Crippen LogP contribution in [0.2, 0.25) is 0 Å². The molecule has 1 amide bonds. The summed E-state index contributed by atoms with van der Waals surface area (Å²) in [6.07, 6.45) is 0.726. The van der Waals surface area contributed by atoms with Gasteiger partial charge in [-0.05, 0) is 42.3 Å². The summed E-state index contributed by atoms with van der Waals surface area (Å²) >= 11 is 0. The number of rotatable bonds is 6. The summed E-state index contributed by atoms with van der Waals surface area (Å²) in [6, 6.07) is 11.7. The van der Waals surface area contributed by atoms with Crippen molar-refractivity contribution in [1.82, 2.24) is 14.3 Å². The van der Waals surface area contributed by atoms with Gasteiger partial charge in [-0.2, -0.15) is 4.31 Å². The lowest BCUT2D eigenvalue weighted by Gasteiger charge is -2.26. The average Bonchev–Trinajstić information content (AvgIpc) is 3.12. The number of amides is 1. The Labute approximate surface area is 173 Å². The number of hydrogen-bond donors (Lipinski definition) is 3. The van der Waals surface area contributed by atoms with Crippen molar-refractivity contribution in [1.29, 1.82) is 0 Å². The Morgan fingerprint density at radius 1 is 1.03 bits per heavy atom. The molecule has 0 spiro atoms. The van der Waals surface area contributed by atoms with Crippen LogP contribution < -0.4 is 11.0 Å². The van der Waals surface area contributed by atoms with Crippen LogP contribution in [0.3, 0.4) is 0 Å². The fraction of sp³-hybridized carbons (Fsp3) is 0.300. The quantitative estimate of drug-likeness (QED) is 0.546. The van der Waals surface area contributed by atoms with Crippen molar-refractivity contribution in [3.05, 3.63) is 58.5 Å². The number of imidazole rings is 1. The number of aryl methyl sites for hydroxylation is 1. The minimum absolute atomic E-state index is 0.169. The first-order chi connectivity index (χ1) is 14.4. The number of nitrogens with zero attached hydrogens (tertiary/aromatic N) is 1. The van der Waals surface area contributed by atoms with E-state index in [1.165, 1.54) is 4.31 Å². The number of carbonyl (C=O) groups excluding carboxylic acids is 1. The number of hydrogen-bond acceptors (Lipinski definition) is 5. The molecule has 0 bridgehead atoms. The fourth-order valence-electron chi connectivity index (χ4n) is 3.36. The molecule has 1 fully saturated rings. The molecule has 9 nitrogen and oxygen atoms in total. The molecule has 30 heavy (non-hydrogen) atoms. The molecule has 3 N–H and O–H groups in total. The smallest absolute Gasteiger partial charge is 0.323 e. The van der Waals surface area contributed by atoms with E-state index in [0.717, 1.165) is 5.56 Å². The van der Waals surface area contributed by atoms with Crippen LogP contribution >= 0.6 is 0 Å². The zero-order valence-corrected chi connectivity index (χ0v) is 17.0. The van der Waals surface area contributed by atoms with E-state index in [-0.39, 0.29) is 22.9 Å². The lowest BCUT2D eigenvalue weighted by molar-refractivity contribution is -0.116. The first-order valence-corrected chi connectivity index (χ1v) is 11.0. The van der Waals surface area contributed by atoms with Crippen molar-refractivity contribution in [3.8, 4) is 0 Å². The highest BCUT2D eigenvalue weighted by molar-refractivity contribution is 7.89. The number of aromatic amines is 2. The SMILES string of the molecule is O=C(CCc1ccc(S(=O)(=O)N2CCOCC2)cc1)Nc1ccc2[nH]c(=O)[nH]c2c1. The van der Waals surface area contributed by atoms with Crippen LogP contribution in [0.25, 0.3) is 11.0 Å². The van der Waals surface area contributed by atoms with Gasteiger partial charge in [-0.25, -0.2) is 13.2 Å². The van der Waals surface area contributed by atoms with Crippen LogP contribution in [0.5, 0.6) is 0 Å². The van der Waals surface area contributed by atoms with Crippen molar-refractivity contribution in [3.63, 3.8) is 0 Å². The lowest BCUT2D eigenvalue weighted by Crippen LogP contribution is -2.40. The number of carbonyl (C=O) groups is 1. The van der Waals surface area contributed by atoms with Gasteiger partial charge in [0.1, 0.15) is 0 Å². The first-order valence-electron chi connectivity index (χ1n) is 9.60. The van der Waals surface area contributed by atoms with Crippen LogP contribution in [-0.4, -0.2) is 54.9 Å². The first kappa shape index (κ1) is 20.3. The molecule has 2 heterocycles. The number of morpholine rings is 1. The molecule has 1 saturated heterocycles. The highest BCUT2D eigenvalue weighted by atomic mass is 32.2. The second-order valence-electron chi connectivity index (χ2n) is 7.05. The molecule has 4 rings (SSSR count). The number of benzene rings is 2. The van der Waals surface area contributed by atoms with E-state index in [0.29, 0.717) is 49.4 Å². The van der Waals surface area contributed by atoms with E-state index < -0.39 is 10.0 Å². The molecule has 0 unspecified atom stereocenters. The van der Waals surface area contributed by atoms with E-state index in [2.05, 4.69) is 15.3 Å². The monoisotopic (exact) mass is 430 g/mol. The molecular formula is C20H22N4O5S. The molecule has 158 valence electrons. The van der Waals surface area contributed by atoms with Crippen molar-refractivity contribution in [2.45, 2.75) is 17.7 Å². The van der Waals surface area contributed by atoms with Gasteiger partial charge in [0, 0.05) is 25.2 Å². The number of anilines is 1. The zero-order valence-electron chi connectivity index (χ0n) is 16.2. The van der Waals surface area contributed by atoms with E-state index in [1.807, 2.05) is 0 Å². The predicted octanol–water partition coefficient (Wildman–Crippen LogP) is 1.45. The summed E-state index contributed by atoms with van der Waals surface area (Å²) in [6.45, 7) is 1.51. The summed E-state index contributed by atoms with van der Waals surface area (Å²) in [5.41, 5.74) is 2.46. The van der Waals surface area contributed by atoms with Crippen LogP contribution in [-0.2, 0) is 26.0 Å². The number of ether oxygens (including phenoxy) is 1. The molecule has 10 heteroatoms. The number of sulfonamides is 1. The minimum Gasteiger partial charge on any atom is -0.379 e. The predicted molar refractivity (Wildman–Crippen MR) is 112 cm³/mol. The topological polar surface area (TPSA) is 124 Å². The summed E-state index contributed by atoms with van der Waals surface area (Å²) < 4.78 is 31.9. The molecule has 2 aromatic carbocycles. The molecule has 1 aliphatic rings. The van der Waals surface area contributed by atoms with Crippen LogP contribution in [0.1, 0.15) is 12.0 Å². The second-order valence-corrected chi connectivity index (χ2v) is 8.99. The van der Waals surface area contributed by atoms with Crippen molar-refractivity contribution in [2.24, 2.45) is 0 Å². The van der Waals surface area contributed by atoms with Gasteiger partial charge < -0.3 is 20.0 Å². The third kappa shape index (κ3) is 4.45. The third-order valence-electron chi connectivity index (χ3n) is 4.97. The Kier molecular flexibility index (Phi) is 5.71. The normalized spacial score (nSPS) is 15.3. The maximum Gasteiger partial charge on any atom is 0.323 e. The molecule has 0 radical (unpaired) electrons. The standard InChI is InChI=1S/C20H22N4O5S/c25-19(21-15-4-7-17-18(13-15)23-20(26)22-17)8-3-14-1-5-16(6-2-14)30(27,28)24-9-11-29-12-10-24/h1-2,4-7,13H,3,8-12H2,(H,21,25)(H2,22,23,26). The van der Waals surface area contributed by atoms with Gasteiger partial charge in [0.15, 0.2) is 0 Å². The molecular weight excluding hydrogens is 408 g/mol. The molecule has 1 aromatic heterocycles. The maximum atomic E-state index is 12.6. The zero-order chi connectivity index (χ0) is 21.1. The largest absolute Gasteiger partial charge is 0.379 e. The summed E-state index contributed by atoms with van der Waals surface area (Å²) in [4.78, 5) is 29.1. The summed E-state index contributed by atoms with van der Waals surface area (Å²) in [5.74, 6) is -0.169. The number of fused-ring (bicyclic) bond motifs is 1. The van der Waals surface area contributed by atoms with Gasteiger partial charge in [-0.3, -0.25) is 4.79 Å². The van der Waals surface area contributed by atoms with E-state index in [9.17, 15) is 18.0 Å². The Morgan fingerprint density at radius 3 is 2.47 bits per heavy atom. The Hall–Kier alpha value is -2.95. The molecule has 0 saturated carbocycles. The van der Waals surface area contributed by atoms with Crippen LogP contribution in [0, 0.1) is 0 Å². The van der Waals surface area contributed by atoms with Gasteiger partial charge in [-0.1, -0.05) is 12.1 Å². The summed E-state index contributed by atoms with van der Waals surface area (Å²) in [7, 11) is -3.52. The number of aromatic nitrogens is 2. The van der Waals surface area contributed by atoms with Gasteiger partial charge in [0.25, 0.3) is 0 Å². The lowest BCUT2D eigenvalue weighted by atomic mass is 10.1. The van der Waals surface area contributed by atoms with Crippen LogP contribution in [0.4, 0.5) is 5.69 Å².